The minimum absolute atomic E-state index is 0.00287. The third-order valence-corrected chi connectivity index (χ3v) is 2.88. The smallest absolute Gasteiger partial charge is 0.168 e. The van der Waals surface area contributed by atoms with Crippen LogP contribution in [-0.4, -0.2) is 25.4 Å². The SMILES string of the molecule is O=C(Cc1cn2nc(Cl)ccc2n1)c1ccncc1. The number of ketones is 1. The van der Waals surface area contributed by atoms with Gasteiger partial charge >= 0.3 is 0 Å². The number of hydrogen-bond acceptors (Lipinski definition) is 4. The summed E-state index contributed by atoms with van der Waals surface area (Å²) in [5.74, 6) is -0.00287. The molecular weight excluding hydrogens is 264 g/mol. The summed E-state index contributed by atoms with van der Waals surface area (Å²) < 4.78 is 1.57. The number of rotatable bonds is 3. The van der Waals surface area contributed by atoms with Gasteiger partial charge in [-0.3, -0.25) is 9.78 Å². The summed E-state index contributed by atoms with van der Waals surface area (Å²) in [6, 6.07) is 6.80. The number of imidazole rings is 1. The molecule has 19 heavy (non-hydrogen) atoms. The van der Waals surface area contributed by atoms with Crippen molar-refractivity contribution in [3.05, 3.63) is 59.3 Å². The van der Waals surface area contributed by atoms with Gasteiger partial charge in [-0.2, -0.15) is 5.10 Å². The molecule has 5 nitrogen and oxygen atoms in total. The summed E-state index contributed by atoms with van der Waals surface area (Å²) in [5.41, 5.74) is 1.96. The summed E-state index contributed by atoms with van der Waals surface area (Å²) in [6.45, 7) is 0. The van der Waals surface area contributed by atoms with Crippen molar-refractivity contribution in [2.45, 2.75) is 6.42 Å². The topological polar surface area (TPSA) is 60.2 Å². The molecule has 0 saturated heterocycles. The van der Waals surface area contributed by atoms with E-state index in [1.54, 1.807) is 47.4 Å². The summed E-state index contributed by atoms with van der Waals surface area (Å²) >= 11 is 5.80. The first kappa shape index (κ1) is 11.8. The van der Waals surface area contributed by atoms with Crippen LogP contribution in [0.4, 0.5) is 0 Å². The molecule has 3 aromatic rings. The lowest BCUT2D eigenvalue weighted by molar-refractivity contribution is 0.0992. The van der Waals surface area contributed by atoms with Crippen LogP contribution in [0.1, 0.15) is 16.1 Å². The molecule has 6 heteroatoms. The summed E-state index contributed by atoms with van der Waals surface area (Å²) in [6.07, 6.45) is 5.13. The molecule has 0 amide bonds. The molecule has 0 saturated carbocycles. The molecule has 0 aromatic carbocycles. The molecule has 94 valence electrons. The first-order valence-corrected chi connectivity index (χ1v) is 6.04. The Bertz CT molecular complexity index is 739. The lowest BCUT2D eigenvalue weighted by Crippen LogP contribution is -2.03. The van der Waals surface area contributed by atoms with Crippen LogP contribution in [0.2, 0.25) is 5.15 Å². The van der Waals surface area contributed by atoms with Crippen LogP contribution in [0.15, 0.2) is 42.9 Å². The highest BCUT2D eigenvalue weighted by Gasteiger charge is 2.10. The predicted molar refractivity (Wildman–Crippen MR) is 70.3 cm³/mol. The normalized spacial score (nSPS) is 10.8. The summed E-state index contributed by atoms with van der Waals surface area (Å²) in [5, 5.41) is 4.46. The van der Waals surface area contributed by atoms with Gasteiger partial charge in [0.15, 0.2) is 11.4 Å². The molecule has 0 aliphatic carbocycles. The third kappa shape index (κ3) is 2.46. The van der Waals surface area contributed by atoms with E-state index < -0.39 is 0 Å². The van der Waals surface area contributed by atoms with Crippen LogP contribution in [-0.2, 0) is 6.42 Å². The van der Waals surface area contributed by atoms with Gasteiger partial charge < -0.3 is 0 Å². The van der Waals surface area contributed by atoms with Crippen molar-refractivity contribution in [3.63, 3.8) is 0 Å². The van der Waals surface area contributed by atoms with Crippen LogP contribution in [0, 0.1) is 0 Å². The Morgan fingerprint density at radius 2 is 2.00 bits per heavy atom. The van der Waals surface area contributed by atoms with Gasteiger partial charge in [-0.15, -0.1) is 0 Å². The number of aromatic nitrogens is 4. The van der Waals surface area contributed by atoms with Crippen molar-refractivity contribution in [2.75, 3.05) is 0 Å². The van der Waals surface area contributed by atoms with E-state index in [1.165, 1.54) is 0 Å². The second-order valence-corrected chi connectivity index (χ2v) is 4.41. The van der Waals surface area contributed by atoms with Crippen molar-refractivity contribution in [3.8, 4) is 0 Å². The Hall–Kier alpha value is -2.27. The molecule has 0 aliphatic rings. The summed E-state index contributed by atoms with van der Waals surface area (Å²) in [4.78, 5) is 20.2. The lowest BCUT2D eigenvalue weighted by Gasteiger charge is -1.96. The molecule has 3 aromatic heterocycles. The number of carbonyl (C=O) groups is 1. The second kappa shape index (κ2) is 4.78. The third-order valence-electron chi connectivity index (χ3n) is 2.68. The average molecular weight is 273 g/mol. The number of hydrogen-bond donors (Lipinski definition) is 0. The fourth-order valence-electron chi connectivity index (χ4n) is 1.80. The van der Waals surface area contributed by atoms with Gasteiger partial charge in [-0.25, -0.2) is 9.50 Å². The second-order valence-electron chi connectivity index (χ2n) is 4.03. The lowest BCUT2D eigenvalue weighted by atomic mass is 10.1. The Balaban J connectivity index is 1.87. The zero-order valence-corrected chi connectivity index (χ0v) is 10.6. The van der Waals surface area contributed by atoms with Gasteiger partial charge in [0, 0.05) is 18.0 Å². The van der Waals surface area contributed by atoms with E-state index in [0.717, 1.165) is 0 Å². The number of carbonyl (C=O) groups excluding carboxylic acids is 1. The fourth-order valence-corrected chi connectivity index (χ4v) is 1.94. The molecule has 3 rings (SSSR count). The molecule has 0 bridgehead atoms. The maximum absolute atomic E-state index is 12.0. The van der Waals surface area contributed by atoms with E-state index in [-0.39, 0.29) is 12.2 Å². The largest absolute Gasteiger partial charge is 0.294 e. The quantitative estimate of drug-likeness (QED) is 0.686. The molecule has 0 radical (unpaired) electrons. The van der Waals surface area contributed by atoms with Gasteiger partial charge in [0.1, 0.15) is 5.15 Å². The standard InChI is InChI=1S/C13H9ClN4O/c14-12-1-2-13-16-10(8-18(13)17-12)7-11(19)9-3-5-15-6-4-9/h1-6,8H,7H2. The van der Waals surface area contributed by atoms with Crippen LogP contribution in [0.25, 0.3) is 5.65 Å². The molecular formula is C13H9ClN4O. The van der Waals surface area contributed by atoms with Gasteiger partial charge in [-0.05, 0) is 24.3 Å². The van der Waals surface area contributed by atoms with E-state index >= 15 is 0 Å². The highest BCUT2D eigenvalue weighted by molar-refractivity contribution is 6.29. The average Bonchev–Trinajstić information content (AvgIpc) is 2.81. The van der Waals surface area contributed by atoms with Gasteiger partial charge in [0.2, 0.25) is 0 Å². The van der Waals surface area contributed by atoms with Gasteiger partial charge in [-0.1, -0.05) is 11.6 Å². The van der Waals surface area contributed by atoms with Crippen LogP contribution in [0.5, 0.6) is 0 Å². The van der Waals surface area contributed by atoms with Crippen LogP contribution >= 0.6 is 11.6 Å². The monoisotopic (exact) mass is 272 g/mol. The highest BCUT2D eigenvalue weighted by Crippen LogP contribution is 2.10. The minimum atomic E-state index is -0.00287. The molecule has 0 aliphatic heterocycles. The van der Waals surface area contributed by atoms with Gasteiger partial charge in [0.05, 0.1) is 18.3 Å². The predicted octanol–water partition coefficient (Wildman–Crippen LogP) is 2.20. The highest BCUT2D eigenvalue weighted by atomic mass is 35.5. The Labute approximate surface area is 113 Å². The summed E-state index contributed by atoms with van der Waals surface area (Å²) in [7, 11) is 0. The molecule has 0 N–H and O–H groups in total. The minimum Gasteiger partial charge on any atom is -0.294 e. The molecule has 0 atom stereocenters. The van der Waals surface area contributed by atoms with E-state index in [9.17, 15) is 4.79 Å². The van der Waals surface area contributed by atoms with Crippen molar-refractivity contribution < 1.29 is 4.79 Å². The Kier molecular flexibility index (Phi) is 2.97. The van der Waals surface area contributed by atoms with E-state index in [1.807, 2.05) is 0 Å². The molecule has 3 heterocycles. The number of Topliss-reactive ketones (excluding diaryl/α,β-unsaturated/α-hetero) is 1. The van der Waals surface area contributed by atoms with Crippen molar-refractivity contribution in [2.24, 2.45) is 0 Å². The first-order chi connectivity index (χ1) is 9.22. The first-order valence-electron chi connectivity index (χ1n) is 5.66. The Morgan fingerprint density at radius 1 is 1.21 bits per heavy atom. The fraction of sp³-hybridized carbons (Fsp3) is 0.0769. The molecule has 0 spiro atoms. The van der Waals surface area contributed by atoms with E-state index in [0.29, 0.717) is 22.1 Å². The van der Waals surface area contributed by atoms with E-state index in [4.69, 9.17) is 11.6 Å². The zero-order valence-electron chi connectivity index (χ0n) is 9.82. The number of halogens is 1. The molecule has 0 fully saturated rings. The maximum Gasteiger partial charge on any atom is 0.168 e. The van der Waals surface area contributed by atoms with Crippen LogP contribution in [0.3, 0.4) is 0 Å². The maximum atomic E-state index is 12.0. The molecule has 0 unspecified atom stereocenters. The Morgan fingerprint density at radius 3 is 2.79 bits per heavy atom. The van der Waals surface area contributed by atoms with Gasteiger partial charge in [0.25, 0.3) is 0 Å². The number of pyridine rings is 1. The van der Waals surface area contributed by atoms with E-state index in [2.05, 4.69) is 15.1 Å². The van der Waals surface area contributed by atoms with Crippen LogP contribution < -0.4 is 0 Å². The number of fused-ring (bicyclic) bond motifs is 1. The van der Waals surface area contributed by atoms with Crippen molar-refractivity contribution in [1.29, 1.82) is 0 Å². The number of nitrogens with zero attached hydrogens (tertiary/aromatic N) is 4. The zero-order chi connectivity index (χ0) is 13.2. The van der Waals surface area contributed by atoms with Crippen molar-refractivity contribution >= 4 is 23.0 Å². The van der Waals surface area contributed by atoms with Crippen molar-refractivity contribution in [1.82, 2.24) is 19.6 Å².